The van der Waals surface area contributed by atoms with Gasteiger partial charge in [-0.15, -0.1) is 0 Å². The molecule has 0 radical (unpaired) electrons. The average Bonchev–Trinajstić information content (AvgIpc) is 2.39. The maximum Gasteiger partial charge on any atom is 0.123 e. The van der Waals surface area contributed by atoms with E-state index in [1.165, 1.54) is 24.3 Å². The van der Waals surface area contributed by atoms with Crippen LogP contribution in [0, 0.1) is 11.6 Å². The van der Waals surface area contributed by atoms with Crippen molar-refractivity contribution in [2.75, 3.05) is 7.05 Å². The lowest BCUT2D eigenvalue weighted by molar-refractivity contribution is 0.583. The van der Waals surface area contributed by atoms with Gasteiger partial charge in [-0.1, -0.05) is 24.3 Å². The molecule has 18 heavy (non-hydrogen) atoms. The van der Waals surface area contributed by atoms with Gasteiger partial charge in [0.2, 0.25) is 0 Å². The molecule has 0 aliphatic carbocycles. The molecule has 2 aromatic rings. The van der Waals surface area contributed by atoms with Gasteiger partial charge in [-0.05, 0) is 48.9 Å². The lowest BCUT2D eigenvalue weighted by Gasteiger charge is -2.16. The van der Waals surface area contributed by atoms with Crippen molar-refractivity contribution in [1.29, 1.82) is 0 Å². The number of likely N-dealkylation sites (N-methyl/N-ethyl adjacent to an activating group) is 1. The summed E-state index contributed by atoms with van der Waals surface area (Å²) < 4.78 is 25.7. The highest BCUT2D eigenvalue weighted by atomic mass is 19.1. The van der Waals surface area contributed by atoms with Gasteiger partial charge in [0.15, 0.2) is 0 Å². The van der Waals surface area contributed by atoms with E-state index >= 15 is 0 Å². The average molecular weight is 247 g/mol. The second kappa shape index (κ2) is 5.74. The van der Waals surface area contributed by atoms with Gasteiger partial charge < -0.3 is 5.32 Å². The fourth-order valence-electron chi connectivity index (χ4n) is 1.94. The smallest absolute Gasteiger partial charge is 0.123 e. The minimum atomic E-state index is -0.240. The summed E-state index contributed by atoms with van der Waals surface area (Å²) in [6.07, 6.45) is 0.739. The summed E-state index contributed by atoms with van der Waals surface area (Å²) in [5.41, 5.74) is 2.06. The molecule has 0 aromatic heterocycles. The predicted octanol–water partition coefficient (Wildman–Crippen LogP) is 3.47. The van der Waals surface area contributed by atoms with Gasteiger partial charge in [0, 0.05) is 6.04 Å². The fourth-order valence-corrected chi connectivity index (χ4v) is 1.94. The van der Waals surface area contributed by atoms with Gasteiger partial charge in [-0.2, -0.15) is 0 Å². The summed E-state index contributed by atoms with van der Waals surface area (Å²) >= 11 is 0. The summed E-state index contributed by atoms with van der Waals surface area (Å²) in [7, 11) is 1.86. The molecule has 1 atom stereocenters. The van der Waals surface area contributed by atoms with Crippen molar-refractivity contribution in [3.05, 3.63) is 71.3 Å². The number of halogens is 2. The summed E-state index contributed by atoms with van der Waals surface area (Å²) in [5, 5.41) is 3.18. The number of hydrogen-bond acceptors (Lipinski definition) is 1. The topological polar surface area (TPSA) is 12.0 Å². The van der Waals surface area contributed by atoms with Gasteiger partial charge >= 0.3 is 0 Å². The van der Waals surface area contributed by atoms with E-state index in [0.29, 0.717) is 0 Å². The Bertz CT molecular complexity index is 491. The maximum atomic E-state index is 12.9. The van der Waals surface area contributed by atoms with Gasteiger partial charge in [0.05, 0.1) is 0 Å². The Morgan fingerprint density at radius 3 is 1.89 bits per heavy atom. The zero-order valence-corrected chi connectivity index (χ0v) is 10.2. The van der Waals surface area contributed by atoms with Crippen LogP contribution in [0.1, 0.15) is 17.2 Å². The minimum absolute atomic E-state index is 0.0936. The molecule has 2 aromatic carbocycles. The van der Waals surface area contributed by atoms with Crippen LogP contribution < -0.4 is 5.32 Å². The lowest BCUT2D eigenvalue weighted by atomic mass is 9.99. The zero-order chi connectivity index (χ0) is 13.0. The molecule has 0 saturated heterocycles. The monoisotopic (exact) mass is 247 g/mol. The maximum absolute atomic E-state index is 12.9. The molecular weight excluding hydrogens is 232 g/mol. The minimum Gasteiger partial charge on any atom is -0.313 e. The summed E-state index contributed by atoms with van der Waals surface area (Å²) in [6.45, 7) is 0. The molecular formula is C15H15F2N. The third kappa shape index (κ3) is 3.14. The second-order valence-corrected chi connectivity index (χ2v) is 4.22. The number of hydrogen-bond donors (Lipinski definition) is 1. The van der Waals surface area contributed by atoms with Crippen LogP contribution in [0.3, 0.4) is 0 Å². The Morgan fingerprint density at radius 1 is 0.889 bits per heavy atom. The van der Waals surface area contributed by atoms with E-state index in [1.807, 2.05) is 7.05 Å². The molecule has 0 unspecified atom stereocenters. The molecule has 0 spiro atoms. The van der Waals surface area contributed by atoms with Gasteiger partial charge in [-0.3, -0.25) is 0 Å². The second-order valence-electron chi connectivity index (χ2n) is 4.22. The van der Waals surface area contributed by atoms with Crippen molar-refractivity contribution in [1.82, 2.24) is 5.32 Å². The van der Waals surface area contributed by atoms with Crippen LogP contribution in [-0.2, 0) is 6.42 Å². The van der Waals surface area contributed by atoms with E-state index in [2.05, 4.69) is 5.32 Å². The van der Waals surface area contributed by atoms with Crippen LogP contribution >= 0.6 is 0 Å². The highest BCUT2D eigenvalue weighted by Gasteiger charge is 2.10. The van der Waals surface area contributed by atoms with E-state index in [-0.39, 0.29) is 17.7 Å². The van der Waals surface area contributed by atoms with Crippen LogP contribution in [0.15, 0.2) is 48.5 Å². The van der Waals surface area contributed by atoms with E-state index < -0.39 is 0 Å². The number of nitrogens with one attached hydrogen (secondary N) is 1. The predicted molar refractivity (Wildman–Crippen MR) is 68.3 cm³/mol. The first-order valence-electron chi connectivity index (χ1n) is 5.86. The number of rotatable bonds is 4. The molecule has 0 saturated carbocycles. The zero-order valence-electron chi connectivity index (χ0n) is 10.2. The van der Waals surface area contributed by atoms with Crippen LogP contribution in [0.25, 0.3) is 0 Å². The van der Waals surface area contributed by atoms with E-state index in [4.69, 9.17) is 0 Å². The molecule has 0 fully saturated rings. The molecule has 2 rings (SSSR count). The van der Waals surface area contributed by atoms with Crippen LogP contribution in [0.4, 0.5) is 8.78 Å². The summed E-state index contributed by atoms with van der Waals surface area (Å²) in [4.78, 5) is 0. The quantitative estimate of drug-likeness (QED) is 0.872. The van der Waals surface area contributed by atoms with Crippen molar-refractivity contribution in [3.8, 4) is 0 Å². The Labute approximate surface area is 105 Å². The van der Waals surface area contributed by atoms with Crippen LogP contribution in [0.2, 0.25) is 0 Å². The van der Waals surface area contributed by atoms with E-state index in [9.17, 15) is 8.78 Å². The lowest BCUT2D eigenvalue weighted by Crippen LogP contribution is -2.18. The molecule has 0 heterocycles. The normalized spacial score (nSPS) is 12.4. The van der Waals surface area contributed by atoms with Crippen molar-refractivity contribution >= 4 is 0 Å². The SMILES string of the molecule is CN[C@H](Cc1ccc(F)cc1)c1ccc(F)cc1. The Hall–Kier alpha value is -1.74. The molecule has 1 N–H and O–H groups in total. The van der Waals surface area contributed by atoms with Crippen LogP contribution in [0.5, 0.6) is 0 Å². The molecule has 0 aliphatic heterocycles. The molecule has 3 heteroatoms. The largest absolute Gasteiger partial charge is 0.313 e. The standard InChI is InChI=1S/C15H15F2N/c1-18-15(12-4-8-14(17)9-5-12)10-11-2-6-13(16)7-3-11/h2-9,15,18H,10H2,1H3/t15-/m1/s1. The van der Waals surface area contributed by atoms with Crippen LogP contribution in [-0.4, -0.2) is 7.05 Å². The summed E-state index contributed by atoms with van der Waals surface area (Å²) in [6, 6.07) is 13.0. The van der Waals surface area contributed by atoms with Crippen molar-refractivity contribution < 1.29 is 8.78 Å². The Morgan fingerprint density at radius 2 is 1.39 bits per heavy atom. The molecule has 94 valence electrons. The first-order chi connectivity index (χ1) is 8.69. The summed E-state index contributed by atoms with van der Waals surface area (Å²) in [5.74, 6) is -0.475. The number of benzene rings is 2. The Kier molecular flexibility index (Phi) is 4.05. The van der Waals surface area contributed by atoms with Gasteiger partial charge in [0.1, 0.15) is 11.6 Å². The molecule has 0 amide bonds. The molecule has 1 nitrogen and oxygen atoms in total. The third-order valence-electron chi connectivity index (χ3n) is 2.97. The highest BCUT2D eigenvalue weighted by molar-refractivity contribution is 5.24. The van der Waals surface area contributed by atoms with Crippen molar-refractivity contribution in [2.45, 2.75) is 12.5 Å². The van der Waals surface area contributed by atoms with Crippen molar-refractivity contribution in [2.24, 2.45) is 0 Å². The van der Waals surface area contributed by atoms with Gasteiger partial charge in [0.25, 0.3) is 0 Å². The Balaban J connectivity index is 2.14. The molecule has 0 aliphatic rings. The van der Waals surface area contributed by atoms with Gasteiger partial charge in [-0.25, -0.2) is 8.78 Å². The van der Waals surface area contributed by atoms with E-state index in [1.54, 1.807) is 24.3 Å². The first-order valence-corrected chi connectivity index (χ1v) is 5.86. The third-order valence-corrected chi connectivity index (χ3v) is 2.97. The molecule has 0 bridgehead atoms. The highest BCUT2D eigenvalue weighted by Crippen LogP contribution is 2.18. The first kappa shape index (κ1) is 12.7. The fraction of sp³-hybridized carbons (Fsp3) is 0.200. The van der Waals surface area contributed by atoms with E-state index in [0.717, 1.165) is 17.5 Å². The van der Waals surface area contributed by atoms with Crippen molar-refractivity contribution in [3.63, 3.8) is 0 Å².